The van der Waals surface area contributed by atoms with Crippen LogP contribution < -0.4 is 0 Å². The highest BCUT2D eigenvalue weighted by Crippen LogP contribution is 2.30. The van der Waals surface area contributed by atoms with Crippen LogP contribution in [0.15, 0.2) is 30.3 Å². The van der Waals surface area contributed by atoms with Crippen molar-refractivity contribution in [3.63, 3.8) is 0 Å². The molecule has 0 aliphatic rings. The molecule has 0 fully saturated rings. The lowest BCUT2D eigenvalue weighted by atomic mass is 9.95. The van der Waals surface area contributed by atoms with Crippen LogP contribution in [-0.4, -0.2) is 5.11 Å². The molecule has 1 N–H and O–H groups in total. The van der Waals surface area contributed by atoms with E-state index in [2.05, 4.69) is 0 Å². The molecule has 1 unspecified atom stereocenters. The zero-order valence-corrected chi connectivity index (χ0v) is 11.3. The van der Waals surface area contributed by atoms with Crippen LogP contribution in [-0.2, 0) is 0 Å². The lowest BCUT2D eigenvalue weighted by molar-refractivity contribution is 0.214. The molecule has 19 heavy (non-hydrogen) atoms. The van der Waals surface area contributed by atoms with E-state index in [1.807, 2.05) is 0 Å². The molecule has 0 aromatic heterocycles. The second kappa shape index (κ2) is 5.27. The van der Waals surface area contributed by atoms with Gasteiger partial charge in [-0.15, -0.1) is 0 Å². The third-order valence-electron chi connectivity index (χ3n) is 3.01. The van der Waals surface area contributed by atoms with Crippen molar-refractivity contribution in [2.24, 2.45) is 0 Å². The summed E-state index contributed by atoms with van der Waals surface area (Å²) in [5.41, 5.74) is 1.97. The number of halogens is 3. The van der Waals surface area contributed by atoms with Crippen LogP contribution in [0.4, 0.5) is 8.78 Å². The van der Waals surface area contributed by atoms with Crippen molar-refractivity contribution in [1.29, 1.82) is 0 Å². The van der Waals surface area contributed by atoms with Gasteiger partial charge in [-0.3, -0.25) is 0 Å². The first kappa shape index (κ1) is 14.0. The van der Waals surface area contributed by atoms with Crippen LogP contribution in [0, 0.1) is 25.5 Å². The molecule has 0 spiro atoms. The zero-order chi connectivity index (χ0) is 14.2. The molecule has 2 aromatic rings. The summed E-state index contributed by atoms with van der Waals surface area (Å²) in [4.78, 5) is 0. The monoisotopic (exact) mass is 282 g/mol. The Hall–Kier alpha value is -1.45. The summed E-state index contributed by atoms with van der Waals surface area (Å²) in [6.45, 7) is 3.50. The van der Waals surface area contributed by atoms with Gasteiger partial charge in [0, 0.05) is 5.56 Å². The number of aryl methyl sites for hydroxylation is 2. The number of hydrogen-bond acceptors (Lipinski definition) is 1. The van der Waals surface area contributed by atoms with Crippen LogP contribution in [0.1, 0.15) is 28.4 Å². The second-order valence-electron chi connectivity index (χ2n) is 4.55. The molecule has 1 atom stereocenters. The highest BCUT2D eigenvalue weighted by Gasteiger charge is 2.19. The Labute approximate surface area is 115 Å². The standard InChI is InChI=1S/C15H13ClF2O/c1-8-5-9(2)14(13(18)6-8)15(19)10-3-4-12(17)11(16)7-10/h3-7,15,19H,1-2H3. The van der Waals surface area contributed by atoms with Gasteiger partial charge in [0.1, 0.15) is 17.7 Å². The minimum absolute atomic E-state index is 0.0956. The van der Waals surface area contributed by atoms with Gasteiger partial charge in [0.15, 0.2) is 0 Å². The lowest BCUT2D eigenvalue weighted by Gasteiger charge is -2.16. The number of aliphatic hydroxyl groups excluding tert-OH is 1. The number of aliphatic hydroxyl groups is 1. The maximum Gasteiger partial charge on any atom is 0.141 e. The maximum atomic E-state index is 14.0. The smallest absolute Gasteiger partial charge is 0.141 e. The van der Waals surface area contributed by atoms with Gasteiger partial charge in [-0.05, 0) is 48.7 Å². The van der Waals surface area contributed by atoms with Crippen molar-refractivity contribution >= 4 is 11.6 Å². The van der Waals surface area contributed by atoms with Gasteiger partial charge < -0.3 is 5.11 Å². The maximum absolute atomic E-state index is 14.0. The second-order valence-corrected chi connectivity index (χ2v) is 4.96. The molecule has 0 saturated carbocycles. The molecule has 0 aliphatic heterocycles. The third kappa shape index (κ3) is 2.77. The molecule has 0 saturated heterocycles. The molecule has 1 nitrogen and oxygen atoms in total. The quantitative estimate of drug-likeness (QED) is 0.870. The SMILES string of the molecule is Cc1cc(C)c(C(O)c2ccc(F)c(Cl)c2)c(F)c1. The minimum Gasteiger partial charge on any atom is -0.384 e. The van der Waals surface area contributed by atoms with Gasteiger partial charge in [-0.1, -0.05) is 23.7 Å². The summed E-state index contributed by atoms with van der Waals surface area (Å²) in [6.07, 6.45) is -1.17. The molecule has 0 radical (unpaired) electrons. The highest BCUT2D eigenvalue weighted by atomic mass is 35.5. The first-order valence-electron chi connectivity index (χ1n) is 5.80. The first-order chi connectivity index (χ1) is 8.90. The summed E-state index contributed by atoms with van der Waals surface area (Å²) >= 11 is 5.67. The Morgan fingerprint density at radius 1 is 1.05 bits per heavy atom. The number of hydrogen-bond donors (Lipinski definition) is 1. The van der Waals surface area contributed by atoms with E-state index in [0.29, 0.717) is 11.1 Å². The van der Waals surface area contributed by atoms with Gasteiger partial charge in [-0.25, -0.2) is 8.78 Å². The van der Waals surface area contributed by atoms with Gasteiger partial charge >= 0.3 is 0 Å². The average Bonchev–Trinajstić information content (AvgIpc) is 2.31. The van der Waals surface area contributed by atoms with Crippen molar-refractivity contribution in [2.45, 2.75) is 20.0 Å². The Morgan fingerprint density at radius 2 is 1.74 bits per heavy atom. The fourth-order valence-corrected chi connectivity index (χ4v) is 2.31. The lowest BCUT2D eigenvalue weighted by Crippen LogP contribution is -2.06. The Kier molecular flexibility index (Phi) is 3.88. The van der Waals surface area contributed by atoms with Crippen molar-refractivity contribution in [3.8, 4) is 0 Å². The third-order valence-corrected chi connectivity index (χ3v) is 3.30. The molecule has 0 amide bonds. The summed E-state index contributed by atoms with van der Waals surface area (Å²) in [7, 11) is 0. The summed E-state index contributed by atoms with van der Waals surface area (Å²) < 4.78 is 27.0. The van der Waals surface area contributed by atoms with E-state index in [4.69, 9.17) is 11.6 Å². The van der Waals surface area contributed by atoms with Crippen molar-refractivity contribution in [3.05, 3.63) is 69.2 Å². The fraction of sp³-hybridized carbons (Fsp3) is 0.200. The van der Waals surface area contributed by atoms with E-state index in [1.54, 1.807) is 19.9 Å². The van der Waals surface area contributed by atoms with Crippen molar-refractivity contribution in [2.75, 3.05) is 0 Å². The fourth-order valence-electron chi connectivity index (χ4n) is 2.12. The van der Waals surface area contributed by atoms with Crippen LogP contribution >= 0.6 is 11.6 Å². The van der Waals surface area contributed by atoms with Gasteiger partial charge in [0.05, 0.1) is 5.02 Å². The molecule has 4 heteroatoms. The van der Waals surface area contributed by atoms with Crippen molar-refractivity contribution < 1.29 is 13.9 Å². The highest BCUT2D eigenvalue weighted by molar-refractivity contribution is 6.30. The molecular weight excluding hydrogens is 270 g/mol. The molecule has 2 aromatic carbocycles. The molecular formula is C15H13ClF2O. The number of rotatable bonds is 2. The van der Waals surface area contributed by atoms with E-state index in [1.165, 1.54) is 18.2 Å². The zero-order valence-electron chi connectivity index (χ0n) is 10.5. The van der Waals surface area contributed by atoms with Crippen molar-refractivity contribution in [1.82, 2.24) is 0 Å². The summed E-state index contributed by atoms with van der Waals surface area (Å²) in [5, 5.41) is 10.1. The summed E-state index contributed by atoms with van der Waals surface area (Å²) in [5.74, 6) is -1.05. The minimum atomic E-state index is -1.17. The largest absolute Gasteiger partial charge is 0.384 e. The Morgan fingerprint density at radius 3 is 2.32 bits per heavy atom. The first-order valence-corrected chi connectivity index (χ1v) is 6.17. The molecule has 0 heterocycles. The average molecular weight is 283 g/mol. The van der Waals surface area contributed by atoms with Gasteiger partial charge in [-0.2, -0.15) is 0 Å². The predicted octanol–water partition coefficient (Wildman–Crippen LogP) is 4.32. The van der Waals surface area contributed by atoms with Crippen LogP contribution in [0.3, 0.4) is 0 Å². The molecule has 0 bridgehead atoms. The van der Waals surface area contributed by atoms with Crippen LogP contribution in [0.5, 0.6) is 0 Å². The Bertz CT molecular complexity index is 603. The molecule has 100 valence electrons. The van der Waals surface area contributed by atoms with Crippen LogP contribution in [0.25, 0.3) is 0 Å². The van der Waals surface area contributed by atoms with E-state index in [0.717, 1.165) is 11.6 Å². The number of benzene rings is 2. The normalized spacial score (nSPS) is 12.5. The van der Waals surface area contributed by atoms with E-state index < -0.39 is 17.7 Å². The van der Waals surface area contributed by atoms with E-state index in [-0.39, 0.29) is 10.6 Å². The van der Waals surface area contributed by atoms with Crippen LogP contribution in [0.2, 0.25) is 5.02 Å². The molecule has 2 rings (SSSR count). The molecule has 0 aliphatic carbocycles. The van der Waals surface area contributed by atoms with Gasteiger partial charge in [0.25, 0.3) is 0 Å². The van der Waals surface area contributed by atoms with Gasteiger partial charge in [0.2, 0.25) is 0 Å². The van der Waals surface area contributed by atoms with E-state index >= 15 is 0 Å². The topological polar surface area (TPSA) is 20.2 Å². The summed E-state index contributed by atoms with van der Waals surface area (Å²) in [6, 6.07) is 7.00. The predicted molar refractivity (Wildman–Crippen MR) is 71.3 cm³/mol. The van der Waals surface area contributed by atoms with E-state index in [9.17, 15) is 13.9 Å². The Balaban J connectivity index is 2.49.